The van der Waals surface area contributed by atoms with Gasteiger partial charge in [-0.25, -0.2) is 4.39 Å². The van der Waals surface area contributed by atoms with Gasteiger partial charge in [0.1, 0.15) is 0 Å². The minimum atomic E-state index is -0.511. The Labute approximate surface area is 134 Å². The van der Waals surface area contributed by atoms with Crippen LogP contribution in [0.1, 0.15) is 6.92 Å². The Morgan fingerprint density at radius 2 is 1.87 bits per heavy atom. The molecule has 0 saturated heterocycles. The van der Waals surface area contributed by atoms with Crippen LogP contribution in [-0.4, -0.2) is 26.2 Å². The Morgan fingerprint density at radius 1 is 1.09 bits per heavy atom. The summed E-state index contributed by atoms with van der Waals surface area (Å²) in [4.78, 5) is 11.9. The number of ether oxygens (including phenoxy) is 3. The average Bonchev–Trinajstić information content (AvgIpc) is 2.55. The fourth-order valence-electron chi connectivity index (χ4n) is 1.92. The van der Waals surface area contributed by atoms with Crippen LogP contribution in [0.5, 0.6) is 17.2 Å². The van der Waals surface area contributed by atoms with Gasteiger partial charge < -0.3 is 19.5 Å². The van der Waals surface area contributed by atoms with E-state index in [1.165, 1.54) is 19.2 Å². The van der Waals surface area contributed by atoms with E-state index in [-0.39, 0.29) is 12.4 Å². The van der Waals surface area contributed by atoms with Crippen LogP contribution in [0.25, 0.3) is 0 Å². The van der Waals surface area contributed by atoms with Gasteiger partial charge in [0, 0.05) is 11.8 Å². The molecular formula is C17H18FNO4. The van der Waals surface area contributed by atoms with Crippen molar-refractivity contribution in [3.8, 4) is 17.2 Å². The molecule has 0 heterocycles. The molecule has 2 aromatic carbocycles. The van der Waals surface area contributed by atoms with Gasteiger partial charge in [0.05, 0.1) is 13.7 Å². The first-order chi connectivity index (χ1) is 11.1. The molecule has 0 aliphatic heterocycles. The van der Waals surface area contributed by atoms with Gasteiger partial charge in [0.15, 0.2) is 29.7 Å². The Balaban J connectivity index is 1.96. The number of nitrogens with one attached hydrogen (secondary N) is 1. The van der Waals surface area contributed by atoms with Crippen molar-refractivity contribution in [2.24, 2.45) is 0 Å². The van der Waals surface area contributed by atoms with Gasteiger partial charge in [-0.05, 0) is 31.2 Å². The summed E-state index contributed by atoms with van der Waals surface area (Å²) in [5.74, 6) is 0.227. The van der Waals surface area contributed by atoms with Crippen LogP contribution in [0.2, 0.25) is 0 Å². The first-order valence-corrected chi connectivity index (χ1v) is 7.12. The van der Waals surface area contributed by atoms with Gasteiger partial charge in [0.2, 0.25) is 0 Å². The number of carbonyl (C=O) groups is 1. The summed E-state index contributed by atoms with van der Waals surface area (Å²) in [6.45, 7) is 2.09. The smallest absolute Gasteiger partial charge is 0.262 e. The van der Waals surface area contributed by atoms with Crippen LogP contribution < -0.4 is 19.5 Å². The lowest BCUT2D eigenvalue weighted by Gasteiger charge is -2.12. The lowest BCUT2D eigenvalue weighted by atomic mass is 10.2. The number of rotatable bonds is 7. The number of benzene rings is 2. The van der Waals surface area contributed by atoms with Crippen molar-refractivity contribution >= 4 is 11.6 Å². The van der Waals surface area contributed by atoms with Crippen molar-refractivity contribution in [1.82, 2.24) is 0 Å². The first-order valence-electron chi connectivity index (χ1n) is 7.12. The van der Waals surface area contributed by atoms with Gasteiger partial charge in [-0.3, -0.25) is 4.79 Å². The molecule has 0 aliphatic carbocycles. The minimum absolute atomic E-state index is 0.0342. The summed E-state index contributed by atoms with van der Waals surface area (Å²) in [5.41, 5.74) is 0.535. The quantitative estimate of drug-likeness (QED) is 0.851. The van der Waals surface area contributed by atoms with Gasteiger partial charge >= 0.3 is 0 Å². The standard InChI is InChI=1S/C17H18FNO4/c1-3-22-15-9-8-12(10-16(15)21-2)19-17(20)11-23-14-7-5-4-6-13(14)18/h4-10H,3,11H2,1-2H3,(H,19,20). The molecular weight excluding hydrogens is 301 g/mol. The van der Waals surface area contributed by atoms with Crippen LogP contribution >= 0.6 is 0 Å². The molecule has 0 atom stereocenters. The third-order valence-corrected chi connectivity index (χ3v) is 2.94. The lowest BCUT2D eigenvalue weighted by molar-refractivity contribution is -0.118. The second-order valence-electron chi connectivity index (χ2n) is 4.57. The van der Waals surface area contributed by atoms with Crippen molar-refractivity contribution in [3.05, 3.63) is 48.3 Å². The normalized spacial score (nSPS) is 10.0. The van der Waals surface area contributed by atoms with Crippen molar-refractivity contribution in [1.29, 1.82) is 0 Å². The molecule has 2 aromatic rings. The number of halogens is 1. The predicted molar refractivity (Wildman–Crippen MR) is 84.7 cm³/mol. The van der Waals surface area contributed by atoms with Gasteiger partial charge in [-0.15, -0.1) is 0 Å². The highest BCUT2D eigenvalue weighted by Gasteiger charge is 2.09. The maximum absolute atomic E-state index is 13.4. The molecule has 122 valence electrons. The first kappa shape index (κ1) is 16.6. The third-order valence-electron chi connectivity index (χ3n) is 2.94. The van der Waals surface area contributed by atoms with Crippen LogP contribution in [0.4, 0.5) is 10.1 Å². The van der Waals surface area contributed by atoms with E-state index in [4.69, 9.17) is 14.2 Å². The summed E-state index contributed by atoms with van der Waals surface area (Å²) >= 11 is 0. The Morgan fingerprint density at radius 3 is 2.57 bits per heavy atom. The van der Waals surface area contributed by atoms with E-state index < -0.39 is 11.7 Å². The van der Waals surface area contributed by atoms with E-state index in [0.717, 1.165) is 0 Å². The second kappa shape index (κ2) is 8.03. The lowest BCUT2D eigenvalue weighted by Crippen LogP contribution is -2.20. The summed E-state index contributed by atoms with van der Waals surface area (Å²) in [5, 5.41) is 2.65. The van der Waals surface area contributed by atoms with Crippen LogP contribution in [-0.2, 0) is 4.79 Å². The highest BCUT2D eigenvalue weighted by Crippen LogP contribution is 2.30. The fourth-order valence-corrected chi connectivity index (χ4v) is 1.92. The molecule has 0 bridgehead atoms. The Hall–Kier alpha value is -2.76. The molecule has 0 fully saturated rings. The molecule has 0 aliphatic rings. The number of hydrogen-bond acceptors (Lipinski definition) is 4. The molecule has 5 nitrogen and oxygen atoms in total. The van der Waals surface area contributed by atoms with E-state index in [1.54, 1.807) is 30.3 Å². The Bertz CT molecular complexity index is 675. The molecule has 2 rings (SSSR count). The van der Waals surface area contributed by atoms with Crippen LogP contribution in [0, 0.1) is 5.82 Å². The van der Waals surface area contributed by atoms with Crippen molar-refractivity contribution in [3.63, 3.8) is 0 Å². The van der Waals surface area contributed by atoms with E-state index in [0.29, 0.717) is 23.8 Å². The van der Waals surface area contributed by atoms with Crippen LogP contribution in [0.15, 0.2) is 42.5 Å². The maximum Gasteiger partial charge on any atom is 0.262 e. The molecule has 23 heavy (non-hydrogen) atoms. The molecule has 0 saturated carbocycles. The summed E-state index contributed by atoms with van der Waals surface area (Å²) in [6.07, 6.45) is 0. The summed E-state index contributed by atoms with van der Waals surface area (Å²) in [7, 11) is 1.52. The molecule has 0 aromatic heterocycles. The van der Waals surface area contributed by atoms with Crippen molar-refractivity contribution in [2.45, 2.75) is 6.92 Å². The predicted octanol–water partition coefficient (Wildman–Crippen LogP) is 3.25. The largest absolute Gasteiger partial charge is 0.493 e. The number of anilines is 1. The minimum Gasteiger partial charge on any atom is -0.493 e. The van der Waals surface area contributed by atoms with E-state index >= 15 is 0 Å². The van der Waals surface area contributed by atoms with Gasteiger partial charge in [-0.1, -0.05) is 12.1 Å². The molecule has 0 spiro atoms. The highest BCUT2D eigenvalue weighted by molar-refractivity contribution is 5.92. The number of para-hydroxylation sites is 1. The number of methoxy groups -OCH3 is 1. The van der Waals surface area contributed by atoms with E-state index in [2.05, 4.69) is 5.32 Å². The van der Waals surface area contributed by atoms with Gasteiger partial charge in [0.25, 0.3) is 5.91 Å². The fraction of sp³-hybridized carbons (Fsp3) is 0.235. The highest BCUT2D eigenvalue weighted by atomic mass is 19.1. The molecule has 0 unspecified atom stereocenters. The zero-order chi connectivity index (χ0) is 16.7. The SMILES string of the molecule is CCOc1ccc(NC(=O)COc2ccccc2F)cc1OC. The molecule has 6 heteroatoms. The molecule has 1 N–H and O–H groups in total. The van der Waals surface area contributed by atoms with E-state index in [1.807, 2.05) is 6.92 Å². The summed E-state index contributed by atoms with van der Waals surface area (Å²) in [6, 6.07) is 10.9. The average molecular weight is 319 g/mol. The second-order valence-corrected chi connectivity index (χ2v) is 4.57. The zero-order valence-electron chi connectivity index (χ0n) is 13.0. The number of carbonyl (C=O) groups excluding carboxylic acids is 1. The van der Waals surface area contributed by atoms with Gasteiger partial charge in [-0.2, -0.15) is 0 Å². The number of hydrogen-bond donors (Lipinski definition) is 1. The monoisotopic (exact) mass is 319 g/mol. The summed E-state index contributed by atoms with van der Waals surface area (Å²) < 4.78 is 29.2. The maximum atomic E-state index is 13.4. The zero-order valence-corrected chi connectivity index (χ0v) is 13.0. The molecule has 1 amide bonds. The van der Waals surface area contributed by atoms with E-state index in [9.17, 15) is 9.18 Å². The van der Waals surface area contributed by atoms with Crippen molar-refractivity contribution in [2.75, 3.05) is 25.6 Å². The molecule has 0 radical (unpaired) electrons. The third kappa shape index (κ3) is 4.60. The number of amides is 1. The Kier molecular flexibility index (Phi) is 5.80. The topological polar surface area (TPSA) is 56.8 Å². The van der Waals surface area contributed by atoms with Crippen LogP contribution in [0.3, 0.4) is 0 Å². The van der Waals surface area contributed by atoms with Crippen molar-refractivity contribution < 1.29 is 23.4 Å².